The summed E-state index contributed by atoms with van der Waals surface area (Å²) in [6, 6.07) is 13.4. The minimum Gasteiger partial charge on any atom is -0.454 e. The maximum atomic E-state index is 12.6. The van der Waals surface area contributed by atoms with E-state index < -0.39 is 0 Å². The molecule has 1 aromatic heterocycles. The summed E-state index contributed by atoms with van der Waals surface area (Å²) in [5, 5.41) is 11.8. The van der Waals surface area contributed by atoms with Gasteiger partial charge in [-0.25, -0.2) is 0 Å². The van der Waals surface area contributed by atoms with Gasteiger partial charge in [0.05, 0.1) is 0 Å². The maximum Gasteiger partial charge on any atom is 0.297 e. The van der Waals surface area contributed by atoms with Crippen molar-refractivity contribution in [1.82, 2.24) is 14.8 Å². The lowest BCUT2D eigenvalue weighted by molar-refractivity contribution is 0.174. The second-order valence-corrected chi connectivity index (χ2v) is 7.66. The van der Waals surface area contributed by atoms with Crippen LogP contribution in [0.2, 0.25) is 0 Å². The Bertz CT molecular complexity index is 1040. The summed E-state index contributed by atoms with van der Waals surface area (Å²) in [6.45, 7) is 0.199. The van der Waals surface area contributed by atoms with Crippen LogP contribution in [0.3, 0.4) is 0 Å². The molecule has 0 amide bonds. The molecule has 4 rings (SSSR count). The molecule has 0 radical (unpaired) electrons. The van der Waals surface area contributed by atoms with E-state index in [0.717, 1.165) is 10.0 Å². The van der Waals surface area contributed by atoms with Gasteiger partial charge >= 0.3 is 0 Å². The molecular weight excluding hydrogens is 432 g/mol. The molecule has 0 fully saturated rings. The number of thioether (sulfide) groups is 1. The second kappa shape index (κ2) is 7.61. The van der Waals surface area contributed by atoms with E-state index in [1.807, 2.05) is 24.3 Å². The Kier molecular flexibility index (Phi) is 5.04. The Labute approximate surface area is 167 Å². The number of halogens is 1. The van der Waals surface area contributed by atoms with Gasteiger partial charge in [0, 0.05) is 29.0 Å². The molecule has 0 bridgehead atoms. The van der Waals surface area contributed by atoms with E-state index in [9.17, 15) is 4.79 Å². The molecule has 0 aliphatic carbocycles. The van der Waals surface area contributed by atoms with Gasteiger partial charge in [-0.2, -0.15) is 0 Å². The van der Waals surface area contributed by atoms with Crippen LogP contribution in [0.5, 0.6) is 11.5 Å². The molecule has 9 heteroatoms. The molecule has 2 aromatic carbocycles. The average molecular weight is 447 g/mol. The van der Waals surface area contributed by atoms with Gasteiger partial charge in [-0.15, -0.1) is 10.2 Å². The average Bonchev–Trinajstić information content (AvgIpc) is 3.14. The van der Waals surface area contributed by atoms with Gasteiger partial charge < -0.3 is 14.8 Å². The topological polar surface area (TPSA) is 78.3 Å². The number of hydrogen-bond donors (Lipinski definition) is 1. The molecule has 0 unspecified atom stereocenters. The fraction of sp³-hybridized carbons (Fsp3) is 0.167. The molecule has 138 valence electrons. The fourth-order valence-corrected chi connectivity index (χ4v) is 3.62. The predicted octanol–water partition coefficient (Wildman–Crippen LogP) is 3.70. The van der Waals surface area contributed by atoms with Crippen molar-refractivity contribution in [2.45, 2.75) is 10.9 Å². The lowest BCUT2D eigenvalue weighted by Gasteiger charge is -2.09. The number of rotatable bonds is 5. The largest absolute Gasteiger partial charge is 0.454 e. The van der Waals surface area contributed by atoms with E-state index in [1.165, 1.54) is 16.3 Å². The van der Waals surface area contributed by atoms with Gasteiger partial charge in [-0.3, -0.25) is 9.36 Å². The Morgan fingerprint density at radius 3 is 2.74 bits per heavy atom. The minimum absolute atomic E-state index is 0.157. The smallest absolute Gasteiger partial charge is 0.297 e. The number of nitrogens with zero attached hydrogens (tertiary/aromatic N) is 3. The normalized spacial score (nSPS) is 12.2. The Morgan fingerprint density at radius 1 is 1.15 bits per heavy atom. The fourth-order valence-electron chi connectivity index (χ4n) is 2.49. The highest BCUT2D eigenvalue weighted by Gasteiger charge is 2.15. The van der Waals surface area contributed by atoms with Crippen molar-refractivity contribution in [1.29, 1.82) is 0 Å². The van der Waals surface area contributed by atoms with Crippen LogP contribution in [0.15, 0.2) is 56.9 Å². The first-order valence-corrected chi connectivity index (χ1v) is 9.85. The Hall–Kier alpha value is -2.52. The van der Waals surface area contributed by atoms with Crippen LogP contribution in [-0.4, -0.2) is 21.6 Å². The van der Waals surface area contributed by atoms with Crippen molar-refractivity contribution in [2.75, 3.05) is 12.1 Å². The number of anilines is 2. The van der Waals surface area contributed by atoms with Gasteiger partial charge in [0.15, 0.2) is 16.7 Å². The summed E-state index contributed by atoms with van der Waals surface area (Å²) in [5.41, 5.74) is 1.57. The van der Waals surface area contributed by atoms with Crippen LogP contribution < -0.4 is 20.3 Å². The van der Waals surface area contributed by atoms with Gasteiger partial charge in [0.1, 0.15) is 0 Å². The van der Waals surface area contributed by atoms with Crippen molar-refractivity contribution < 1.29 is 9.47 Å². The molecule has 0 atom stereocenters. The maximum absolute atomic E-state index is 12.6. The summed E-state index contributed by atoms with van der Waals surface area (Å²) in [7, 11) is 1.69. The van der Waals surface area contributed by atoms with Crippen molar-refractivity contribution in [3.63, 3.8) is 0 Å². The van der Waals surface area contributed by atoms with Crippen LogP contribution >= 0.6 is 27.7 Å². The highest BCUT2D eigenvalue weighted by Crippen LogP contribution is 2.34. The van der Waals surface area contributed by atoms with Crippen LogP contribution in [0.4, 0.5) is 11.5 Å². The standard InChI is InChI=1S/C18H15BrN4O3S/c1-23-17(24)16(20-13-6-7-14-15(8-13)26-10-25-14)21-22-18(23)27-9-11-2-4-12(19)5-3-11/h2-8H,9-10H2,1H3,(H,20,21). The molecule has 1 aliphatic rings. The first-order chi connectivity index (χ1) is 13.1. The monoisotopic (exact) mass is 446 g/mol. The summed E-state index contributed by atoms with van der Waals surface area (Å²) in [6.07, 6.45) is 0. The van der Waals surface area contributed by atoms with Gasteiger partial charge in [0.25, 0.3) is 5.56 Å². The Morgan fingerprint density at radius 2 is 1.93 bits per heavy atom. The minimum atomic E-state index is -0.249. The summed E-state index contributed by atoms with van der Waals surface area (Å²) in [5.74, 6) is 2.17. The van der Waals surface area contributed by atoms with Crippen molar-refractivity contribution >= 4 is 39.2 Å². The quantitative estimate of drug-likeness (QED) is 0.598. The molecule has 1 aliphatic heterocycles. The van der Waals surface area contributed by atoms with Crippen LogP contribution in [0.1, 0.15) is 5.56 Å². The first kappa shape index (κ1) is 17.9. The van der Waals surface area contributed by atoms with Gasteiger partial charge in [-0.1, -0.05) is 39.8 Å². The first-order valence-electron chi connectivity index (χ1n) is 8.08. The van der Waals surface area contributed by atoms with Crippen molar-refractivity contribution in [3.8, 4) is 11.5 Å². The molecule has 0 saturated carbocycles. The zero-order valence-electron chi connectivity index (χ0n) is 14.3. The third-order valence-corrected chi connectivity index (χ3v) is 5.57. The molecule has 0 saturated heterocycles. The molecular formula is C18H15BrN4O3S. The molecule has 3 aromatic rings. The van der Waals surface area contributed by atoms with Crippen molar-refractivity contribution in [3.05, 3.63) is 62.9 Å². The molecule has 7 nitrogen and oxygen atoms in total. The van der Waals surface area contributed by atoms with E-state index in [4.69, 9.17) is 9.47 Å². The van der Waals surface area contributed by atoms with Gasteiger partial charge in [0.2, 0.25) is 12.6 Å². The number of aromatic nitrogens is 3. The number of hydrogen-bond acceptors (Lipinski definition) is 7. The highest BCUT2D eigenvalue weighted by atomic mass is 79.9. The zero-order chi connectivity index (χ0) is 18.8. The molecule has 27 heavy (non-hydrogen) atoms. The molecule has 0 spiro atoms. The number of fused-ring (bicyclic) bond motifs is 1. The number of ether oxygens (including phenoxy) is 2. The van der Waals surface area contributed by atoms with Crippen LogP contribution in [0.25, 0.3) is 0 Å². The third kappa shape index (κ3) is 3.93. The van der Waals surface area contributed by atoms with E-state index in [2.05, 4.69) is 31.4 Å². The lowest BCUT2D eigenvalue weighted by atomic mass is 10.2. The predicted molar refractivity (Wildman–Crippen MR) is 107 cm³/mol. The van der Waals surface area contributed by atoms with E-state index in [-0.39, 0.29) is 18.2 Å². The van der Waals surface area contributed by atoms with Gasteiger partial charge in [-0.05, 0) is 29.8 Å². The SMILES string of the molecule is Cn1c(SCc2ccc(Br)cc2)nnc(Nc2ccc3c(c2)OCO3)c1=O. The van der Waals surface area contributed by atoms with Crippen molar-refractivity contribution in [2.24, 2.45) is 7.05 Å². The second-order valence-electron chi connectivity index (χ2n) is 5.80. The van der Waals surface area contributed by atoms with E-state index in [0.29, 0.717) is 28.1 Å². The lowest BCUT2D eigenvalue weighted by Crippen LogP contribution is -2.24. The van der Waals surface area contributed by atoms with Crippen LogP contribution in [0, 0.1) is 0 Å². The molecule has 1 N–H and O–H groups in total. The van der Waals surface area contributed by atoms with E-state index in [1.54, 1.807) is 25.2 Å². The summed E-state index contributed by atoms with van der Waals surface area (Å²) >= 11 is 4.88. The molecule has 2 heterocycles. The summed E-state index contributed by atoms with van der Waals surface area (Å²) in [4.78, 5) is 12.6. The van der Waals surface area contributed by atoms with E-state index >= 15 is 0 Å². The van der Waals surface area contributed by atoms with Crippen LogP contribution in [-0.2, 0) is 12.8 Å². The number of benzene rings is 2. The number of nitrogens with one attached hydrogen (secondary N) is 1. The Balaban J connectivity index is 1.50. The zero-order valence-corrected chi connectivity index (χ0v) is 16.7. The highest BCUT2D eigenvalue weighted by molar-refractivity contribution is 9.10. The third-order valence-electron chi connectivity index (χ3n) is 3.95. The summed E-state index contributed by atoms with van der Waals surface area (Å²) < 4.78 is 13.1.